The molecule has 2 aromatic carbocycles. The van der Waals surface area contributed by atoms with Crippen molar-refractivity contribution in [2.75, 3.05) is 25.0 Å². The molecule has 0 radical (unpaired) electrons. The molecule has 0 bridgehead atoms. The molecule has 30 heavy (non-hydrogen) atoms. The van der Waals surface area contributed by atoms with E-state index >= 15 is 0 Å². The average Bonchev–Trinajstić information content (AvgIpc) is 3.34. The van der Waals surface area contributed by atoms with E-state index in [-0.39, 0.29) is 22.7 Å². The van der Waals surface area contributed by atoms with E-state index in [1.165, 1.54) is 29.0 Å². The Hall–Kier alpha value is -2.42. The quantitative estimate of drug-likeness (QED) is 0.624. The van der Waals surface area contributed by atoms with Crippen molar-refractivity contribution in [1.82, 2.24) is 13.9 Å². The zero-order valence-electron chi connectivity index (χ0n) is 16.4. The molecule has 2 atom stereocenters. The molecule has 0 aliphatic carbocycles. The number of aryl methyl sites for hydroxylation is 1. The smallest absolute Gasteiger partial charge is 0.262 e. The molecule has 1 fully saturated rings. The number of imidazole rings is 1. The highest BCUT2D eigenvalue weighted by atomic mass is 35.5. The number of sulfonamides is 1. The molecule has 4 rings (SSSR count). The fraction of sp³-hybridized carbons (Fsp3) is 0.286. The van der Waals surface area contributed by atoms with Gasteiger partial charge >= 0.3 is 0 Å². The van der Waals surface area contributed by atoms with Crippen molar-refractivity contribution in [3.63, 3.8) is 0 Å². The predicted molar refractivity (Wildman–Crippen MR) is 115 cm³/mol. The van der Waals surface area contributed by atoms with Crippen molar-refractivity contribution in [3.8, 4) is 0 Å². The molecule has 158 valence electrons. The van der Waals surface area contributed by atoms with E-state index in [1.807, 2.05) is 18.2 Å². The molecule has 9 heteroatoms. The van der Waals surface area contributed by atoms with Crippen LogP contribution in [0, 0.1) is 11.7 Å². The largest absolute Gasteiger partial charge is 0.385 e. The van der Waals surface area contributed by atoms with Crippen LogP contribution in [0.15, 0.2) is 66.1 Å². The number of rotatable bonds is 6. The van der Waals surface area contributed by atoms with Crippen LogP contribution in [0.1, 0.15) is 11.5 Å². The van der Waals surface area contributed by atoms with Crippen LogP contribution in [-0.2, 0) is 17.1 Å². The van der Waals surface area contributed by atoms with Gasteiger partial charge in [0.1, 0.15) is 5.82 Å². The first kappa shape index (κ1) is 20.8. The van der Waals surface area contributed by atoms with Gasteiger partial charge in [-0.1, -0.05) is 29.8 Å². The maximum absolute atomic E-state index is 13.4. The molecular weight excluding hydrogens is 427 g/mol. The van der Waals surface area contributed by atoms with Crippen LogP contribution >= 0.6 is 11.6 Å². The Morgan fingerprint density at radius 3 is 2.63 bits per heavy atom. The molecule has 6 nitrogen and oxygen atoms in total. The lowest BCUT2D eigenvalue weighted by Gasteiger charge is -2.20. The van der Waals surface area contributed by atoms with Gasteiger partial charge in [0.25, 0.3) is 10.0 Å². The van der Waals surface area contributed by atoms with Crippen LogP contribution in [0.25, 0.3) is 0 Å². The number of nitrogens with zero attached hydrogens (tertiary/aromatic N) is 3. The normalized spacial score (nSPS) is 19.8. The molecule has 2 heterocycles. The Kier molecular flexibility index (Phi) is 5.81. The first-order valence-electron chi connectivity index (χ1n) is 9.56. The van der Waals surface area contributed by atoms with Crippen LogP contribution in [-0.4, -0.2) is 41.9 Å². The van der Waals surface area contributed by atoms with Crippen LogP contribution in [0.2, 0.25) is 5.02 Å². The van der Waals surface area contributed by atoms with Gasteiger partial charge in [-0.2, -0.15) is 4.31 Å². The van der Waals surface area contributed by atoms with Crippen LogP contribution in [0.4, 0.5) is 10.1 Å². The van der Waals surface area contributed by atoms with Crippen molar-refractivity contribution in [3.05, 3.63) is 77.5 Å². The average molecular weight is 449 g/mol. The molecule has 1 aliphatic heterocycles. The second kappa shape index (κ2) is 8.37. The number of halogens is 2. The lowest BCUT2D eigenvalue weighted by Crippen LogP contribution is -2.30. The van der Waals surface area contributed by atoms with Gasteiger partial charge in [-0.25, -0.2) is 17.8 Å². The summed E-state index contributed by atoms with van der Waals surface area (Å²) in [5.74, 6) is -0.396. The molecule has 0 spiro atoms. The minimum Gasteiger partial charge on any atom is -0.385 e. The standard InChI is InChI=1S/C21H22ClFN4O2S/c1-26-13-21(25-14-26)30(28,29)27-11-16(10-24-19-4-2-3-17(22)9-19)20(12-27)15-5-7-18(23)8-6-15/h2-9,13-14,16,20,24H,10-12H2,1H3/t16-,20+/m1/s1. The maximum Gasteiger partial charge on any atom is 0.262 e. The summed E-state index contributed by atoms with van der Waals surface area (Å²) in [6.45, 7) is 1.21. The lowest BCUT2D eigenvalue weighted by atomic mass is 9.89. The second-order valence-electron chi connectivity index (χ2n) is 7.51. The summed E-state index contributed by atoms with van der Waals surface area (Å²) in [4.78, 5) is 4.02. The molecule has 0 saturated carbocycles. The van der Waals surface area contributed by atoms with E-state index < -0.39 is 10.0 Å². The Balaban J connectivity index is 1.59. The monoisotopic (exact) mass is 448 g/mol. The predicted octanol–water partition coefficient (Wildman–Crippen LogP) is 3.73. The summed E-state index contributed by atoms with van der Waals surface area (Å²) in [5, 5.41) is 4.01. The molecular formula is C21H22ClFN4O2S. The zero-order chi connectivity index (χ0) is 21.3. The summed E-state index contributed by atoms with van der Waals surface area (Å²) in [5.41, 5.74) is 1.78. The second-order valence-corrected chi connectivity index (χ2v) is 9.83. The van der Waals surface area contributed by atoms with Crippen molar-refractivity contribution in [2.24, 2.45) is 13.0 Å². The van der Waals surface area contributed by atoms with E-state index in [0.717, 1.165) is 11.3 Å². The van der Waals surface area contributed by atoms with Crippen molar-refractivity contribution < 1.29 is 12.8 Å². The third kappa shape index (κ3) is 4.35. The van der Waals surface area contributed by atoms with Gasteiger partial charge in [0.2, 0.25) is 0 Å². The SMILES string of the molecule is Cn1cnc(S(=O)(=O)N2C[C@@H](CNc3cccc(Cl)c3)[C@H](c3ccc(F)cc3)C2)c1. The van der Waals surface area contributed by atoms with Crippen molar-refractivity contribution >= 4 is 27.3 Å². The third-order valence-electron chi connectivity index (χ3n) is 5.38. The number of anilines is 1. The highest BCUT2D eigenvalue weighted by molar-refractivity contribution is 7.89. The topological polar surface area (TPSA) is 67.2 Å². The van der Waals surface area contributed by atoms with Crippen molar-refractivity contribution in [2.45, 2.75) is 10.9 Å². The molecule has 3 aromatic rings. The van der Waals surface area contributed by atoms with E-state index in [2.05, 4.69) is 10.3 Å². The van der Waals surface area contributed by atoms with Crippen LogP contribution < -0.4 is 5.32 Å². The Morgan fingerprint density at radius 1 is 1.20 bits per heavy atom. The minimum atomic E-state index is -3.71. The Labute approximate surface area is 180 Å². The van der Waals surface area contributed by atoms with Gasteiger partial charge in [-0.15, -0.1) is 0 Å². The highest BCUT2D eigenvalue weighted by Gasteiger charge is 2.40. The number of nitrogens with one attached hydrogen (secondary N) is 1. The summed E-state index contributed by atoms with van der Waals surface area (Å²) in [6, 6.07) is 13.7. The number of hydrogen-bond acceptors (Lipinski definition) is 4. The molecule has 1 N–H and O–H groups in total. The first-order valence-corrected chi connectivity index (χ1v) is 11.4. The van der Waals surface area contributed by atoms with Crippen LogP contribution in [0.5, 0.6) is 0 Å². The van der Waals surface area contributed by atoms with Gasteiger partial charge in [-0.05, 0) is 41.8 Å². The fourth-order valence-electron chi connectivity index (χ4n) is 3.82. The summed E-state index contributed by atoms with van der Waals surface area (Å²) < 4.78 is 42.7. The zero-order valence-corrected chi connectivity index (χ0v) is 17.9. The van der Waals surface area contributed by atoms with Gasteiger partial charge in [-0.3, -0.25) is 0 Å². The van der Waals surface area contributed by atoms with Crippen molar-refractivity contribution in [1.29, 1.82) is 0 Å². The number of hydrogen-bond donors (Lipinski definition) is 1. The minimum absolute atomic E-state index is 0.00655. The van der Waals surface area contributed by atoms with E-state index in [4.69, 9.17) is 11.6 Å². The third-order valence-corrected chi connectivity index (χ3v) is 7.34. The molecule has 1 saturated heterocycles. The van der Waals surface area contributed by atoms with E-state index in [9.17, 15) is 12.8 Å². The van der Waals surface area contributed by atoms with Gasteiger partial charge in [0, 0.05) is 49.5 Å². The van der Waals surface area contributed by atoms with Crippen LogP contribution in [0.3, 0.4) is 0 Å². The summed E-state index contributed by atoms with van der Waals surface area (Å²) >= 11 is 6.06. The maximum atomic E-state index is 13.4. The number of benzene rings is 2. The molecule has 1 aliphatic rings. The van der Waals surface area contributed by atoms with Gasteiger partial charge < -0.3 is 9.88 Å². The number of aromatic nitrogens is 2. The lowest BCUT2D eigenvalue weighted by molar-refractivity contribution is 0.459. The highest BCUT2D eigenvalue weighted by Crippen LogP contribution is 2.36. The molecule has 0 unspecified atom stereocenters. The van der Waals surface area contributed by atoms with Gasteiger partial charge in [0.15, 0.2) is 5.03 Å². The van der Waals surface area contributed by atoms with E-state index in [0.29, 0.717) is 24.7 Å². The Bertz CT molecular complexity index is 1130. The first-order chi connectivity index (χ1) is 14.3. The molecule has 1 aromatic heterocycles. The van der Waals surface area contributed by atoms with E-state index in [1.54, 1.807) is 29.8 Å². The fourth-order valence-corrected chi connectivity index (χ4v) is 5.50. The van der Waals surface area contributed by atoms with Gasteiger partial charge in [0.05, 0.1) is 6.33 Å². The summed E-state index contributed by atoms with van der Waals surface area (Å²) in [6.07, 6.45) is 2.97. The summed E-state index contributed by atoms with van der Waals surface area (Å²) in [7, 11) is -1.98. The Morgan fingerprint density at radius 2 is 1.97 bits per heavy atom. The molecule has 0 amide bonds.